The van der Waals surface area contributed by atoms with Crippen molar-refractivity contribution in [2.75, 3.05) is 31.6 Å². The van der Waals surface area contributed by atoms with Crippen LogP contribution >= 0.6 is 11.6 Å². The molecule has 0 aromatic heterocycles. The number of nitrogens with one attached hydrogen (secondary N) is 1. The highest BCUT2D eigenvalue weighted by Crippen LogP contribution is 2.25. The fourth-order valence-electron chi connectivity index (χ4n) is 3.62. The SMILES string of the molecule is CC(=O)Nc1ccccc1OC[C@H](O)CN1CC[C@H](Cc2ccc(Cl)cc2)C1. The van der Waals surface area contributed by atoms with Crippen LogP contribution in [0, 0.1) is 5.92 Å². The van der Waals surface area contributed by atoms with Gasteiger partial charge in [-0.3, -0.25) is 4.79 Å². The number of halogens is 1. The minimum absolute atomic E-state index is 0.152. The number of anilines is 1. The molecule has 150 valence electrons. The Bertz CT molecular complexity index is 782. The summed E-state index contributed by atoms with van der Waals surface area (Å²) in [6.07, 6.45) is 1.58. The highest BCUT2D eigenvalue weighted by molar-refractivity contribution is 6.30. The Labute approximate surface area is 171 Å². The number of β-amino-alcohol motifs (C(OH)–C–C–N with tert-alkyl or cyclic N) is 1. The third-order valence-corrected chi connectivity index (χ3v) is 5.16. The second kappa shape index (κ2) is 9.92. The number of para-hydroxylation sites is 2. The van der Waals surface area contributed by atoms with Crippen LogP contribution in [0.3, 0.4) is 0 Å². The van der Waals surface area contributed by atoms with Crippen molar-refractivity contribution in [2.45, 2.75) is 25.9 Å². The predicted octanol–water partition coefficient (Wildman–Crippen LogP) is 3.60. The van der Waals surface area contributed by atoms with Crippen LogP contribution in [0.1, 0.15) is 18.9 Å². The molecule has 1 heterocycles. The first-order chi connectivity index (χ1) is 13.5. The Kier molecular flexibility index (Phi) is 7.31. The molecule has 2 aromatic rings. The lowest BCUT2D eigenvalue weighted by Crippen LogP contribution is -2.34. The number of carbonyl (C=O) groups is 1. The first-order valence-corrected chi connectivity index (χ1v) is 10.0. The number of nitrogens with zero attached hydrogens (tertiary/aromatic N) is 1. The number of aliphatic hydroxyl groups is 1. The summed E-state index contributed by atoms with van der Waals surface area (Å²) in [5.74, 6) is 1.01. The maximum atomic E-state index is 11.3. The van der Waals surface area contributed by atoms with Crippen molar-refractivity contribution < 1.29 is 14.6 Å². The van der Waals surface area contributed by atoms with Crippen LogP contribution in [-0.2, 0) is 11.2 Å². The van der Waals surface area contributed by atoms with E-state index in [1.165, 1.54) is 12.5 Å². The quantitative estimate of drug-likeness (QED) is 0.708. The molecule has 1 aliphatic rings. The summed E-state index contributed by atoms with van der Waals surface area (Å²) < 4.78 is 5.74. The highest BCUT2D eigenvalue weighted by atomic mass is 35.5. The maximum Gasteiger partial charge on any atom is 0.221 e. The Balaban J connectivity index is 1.44. The van der Waals surface area contributed by atoms with E-state index in [1.807, 2.05) is 24.3 Å². The van der Waals surface area contributed by atoms with Gasteiger partial charge >= 0.3 is 0 Å². The number of amides is 1. The normalized spacial score (nSPS) is 18.0. The molecule has 0 bridgehead atoms. The summed E-state index contributed by atoms with van der Waals surface area (Å²) in [5, 5.41) is 13.9. The van der Waals surface area contributed by atoms with Gasteiger partial charge in [-0.05, 0) is 55.1 Å². The molecule has 1 amide bonds. The fraction of sp³-hybridized carbons (Fsp3) is 0.409. The van der Waals surface area contributed by atoms with Crippen molar-refractivity contribution in [3.63, 3.8) is 0 Å². The molecule has 5 nitrogen and oxygen atoms in total. The van der Waals surface area contributed by atoms with Crippen molar-refractivity contribution in [1.82, 2.24) is 4.90 Å². The molecule has 2 N–H and O–H groups in total. The summed E-state index contributed by atoms with van der Waals surface area (Å²) in [5.41, 5.74) is 1.92. The van der Waals surface area contributed by atoms with Crippen LogP contribution in [0.5, 0.6) is 5.75 Å². The molecule has 2 aromatic carbocycles. The zero-order chi connectivity index (χ0) is 19.9. The van der Waals surface area contributed by atoms with Crippen molar-refractivity contribution >= 4 is 23.2 Å². The monoisotopic (exact) mass is 402 g/mol. The van der Waals surface area contributed by atoms with E-state index in [2.05, 4.69) is 22.3 Å². The molecule has 0 unspecified atom stereocenters. The third-order valence-electron chi connectivity index (χ3n) is 4.91. The lowest BCUT2D eigenvalue weighted by atomic mass is 9.99. The van der Waals surface area contributed by atoms with E-state index in [0.717, 1.165) is 31.0 Å². The van der Waals surface area contributed by atoms with Crippen LogP contribution < -0.4 is 10.1 Å². The van der Waals surface area contributed by atoms with E-state index in [1.54, 1.807) is 12.1 Å². The first kappa shape index (κ1) is 20.6. The van der Waals surface area contributed by atoms with E-state index >= 15 is 0 Å². The predicted molar refractivity (Wildman–Crippen MR) is 112 cm³/mol. The molecule has 6 heteroatoms. The molecule has 0 spiro atoms. The molecule has 1 aliphatic heterocycles. The fourth-order valence-corrected chi connectivity index (χ4v) is 3.75. The van der Waals surface area contributed by atoms with E-state index < -0.39 is 6.10 Å². The molecule has 0 radical (unpaired) electrons. The molecule has 1 fully saturated rings. The van der Waals surface area contributed by atoms with Crippen molar-refractivity contribution in [2.24, 2.45) is 5.92 Å². The Morgan fingerprint density at radius 3 is 2.79 bits per heavy atom. The summed E-state index contributed by atoms with van der Waals surface area (Å²) >= 11 is 5.95. The molecule has 28 heavy (non-hydrogen) atoms. The third kappa shape index (κ3) is 6.23. The van der Waals surface area contributed by atoms with Gasteiger partial charge in [0.05, 0.1) is 5.69 Å². The van der Waals surface area contributed by atoms with Crippen LogP contribution in [0.2, 0.25) is 5.02 Å². The molecule has 3 rings (SSSR count). The standard InChI is InChI=1S/C22H27ClN2O3/c1-16(26)24-21-4-2-3-5-22(21)28-15-20(27)14-25-11-10-18(13-25)12-17-6-8-19(23)9-7-17/h2-9,18,20,27H,10-15H2,1H3,(H,24,26)/t18-,20-/m1/s1. The van der Waals surface area contributed by atoms with Crippen molar-refractivity contribution in [3.05, 3.63) is 59.1 Å². The summed E-state index contributed by atoms with van der Waals surface area (Å²) in [6, 6.07) is 15.3. The zero-order valence-electron chi connectivity index (χ0n) is 16.1. The van der Waals surface area contributed by atoms with Crippen LogP contribution in [0.25, 0.3) is 0 Å². The van der Waals surface area contributed by atoms with Crippen LogP contribution in [0.4, 0.5) is 5.69 Å². The average Bonchev–Trinajstić information content (AvgIpc) is 3.09. The Morgan fingerprint density at radius 1 is 1.29 bits per heavy atom. The van der Waals surface area contributed by atoms with Gasteiger partial charge < -0.3 is 20.1 Å². The van der Waals surface area contributed by atoms with Gasteiger partial charge in [0.25, 0.3) is 0 Å². The summed E-state index contributed by atoms with van der Waals surface area (Å²) in [6.45, 7) is 4.19. The van der Waals surface area contributed by atoms with Crippen LogP contribution in [-0.4, -0.2) is 48.3 Å². The van der Waals surface area contributed by atoms with Crippen molar-refractivity contribution in [3.8, 4) is 5.75 Å². The van der Waals surface area contributed by atoms with E-state index in [4.69, 9.17) is 16.3 Å². The van der Waals surface area contributed by atoms with E-state index in [9.17, 15) is 9.90 Å². The molecule has 1 saturated heterocycles. The van der Waals surface area contributed by atoms with Gasteiger partial charge in [-0.1, -0.05) is 35.9 Å². The van der Waals surface area contributed by atoms with Gasteiger partial charge in [0.1, 0.15) is 18.5 Å². The molecular weight excluding hydrogens is 376 g/mol. The minimum Gasteiger partial charge on any atom is -0.489 e. The maximum absolute atomic E-state index is 11.3. The van der Waals surface area contributed by atoms with Gasteiger partial charge in [-0.25, -0.2) is 0 Å². The Morgan fingerprint density at radius 2 is 2.04 bits per heavy atom. The number of aliphatic hydroxyl groups excluding tert-OH is 1. The van der Waals surface area contributed by atoms with Crippen LogP contribution in [0.15, 0.2) is 48.5 Å². The summed E-state index contributed by atoms with van der Waals surface area (Å²) in [4.78, 5) is 13.6. The number of hydrogen-bond acceptors (Lipinski definition) is 4. The van der Waals surface area contributed by atoms with Gasteiger partial charge in [-0.2, -0.15) is 0 Å². The second-order valence-electron chi connectivity index (χ2n) is 7.39. The second-order valence-corrected chi connectivity index (χ2v) is 7.82. The molecule has 2 atom stereocenters. The number of rotatable bonds is 8. The lowest BCUT2D eigenvalue weighted by molar-refractivity contribution is -0.114. The lowest BCUT2D eigenvalue weighted by Gasteiger charge is -2.21. The highest BCUT2D eigenvalue weighted by Gasteiger charge is 2.24. The van der Waals surface area contributed by atoms with E-state index in [0.29, 0.717) is 23.9 Å². The summed E-state index contributed by atoms with van der Waals surface area (Å²) in [7, 11) is 0. The number of likely N-dealkylation sites (tertiary alicyclic amines) is 1. The first-order valence-electron chi connectivity index (χ1n) is 9.64. The topological polar surface area (TPSA) is 61.8 Å². The number of carbonyl (C=O) groups excluding carboxylic acids is 1. The van der Waals surface area contributed by atoms with Gasteiger partial charge in [0, 0.05) is 25.0 Å². The molecular formula is C22H27ClN2O3. The molecule has 0 saturated carbocycles. The Hall–Kier alpha value is -2.08. The van der Waals surface area contributed by atoms with Crippen molar-refractivity contribution in [1.29, 1.82) is 0 Å². The van der Waals surface area contributed by atoms with Gasteiger partial charge in [0.2, 0.25) is 5.91 Å². The van der Waals surface area contributed by atoms with E-state index in [-0.39, 0.29) is 12.5 Å². The number of hydrogen-bond donors (Lipinski definition) is 2. The average molecular weight is 403 g/mol. The zero-order valence-corrected chi connectivity index (χ0v) is 16.9. The van der Waals surface area contributed by atoms with Gasteiger partial charge in [-0.15, -0.1) is 0 Å². The molecule has 0 aliphatic carbocycles. The van der Waals surface area contributed by atoms with Gasteiger partial charge in [0.15, 0.2) is 0 Å². The minimum atomic E-state index is -0.584. The smallest absolute Gasteiger partial charge is 0.221 e. The number of ether oxygens (including phenoxy) is 1. The number of benzene rings is 2. The largest absolute Gasteiger partial charge is 0.489 e.